The van der Waals surface area contributed by atoms with Crippen molar-refractivity contribution < 1.29 is 32.2 Å². The van der Waals surface area contributed by atoms with E-state index in [1.54, 1.807) is 20.2 Å². The molecule has 0 spiro atoms. The minimum absolute atomic E-state index is 0.0214. The maximum absolute atomic E-state index is 12.8. The van der Waals surface area contributed by atoms with Crippen LogP contribution in [0.3, 0.4) is 0 Å². The van der Waals surface area contributed by atoms with Crippen molar-refractivity contribution >= 4 is 17.6 Å². The number of halogens is 3. The molecule has 1 fully saturated rings. The van der Waals surface area contributed by atoms with Crippen molar-refractivity contribution in [3.8, 4) is 17.4 Å². The van der Waals surface area contributed by atoms with Gasteiger partial charge in [0.1, 0.15) is 17.5 Å². The predicted octanol–water partition coefficient (Wildman–Crippen LogP) is 3.13. The molecule has 0 aliphatic carbocycles. The highest BCUT2D eigenvalue weighted by Crippen LogP contribution is 2.39. The van der Waals surface area contributed by atoms with Crippen LogP contribution in [0.25, 0.3) is 0 Å². The van der Waals surface area contributed by atoms with Crippen molar-refractivity contribution in [3.63, 3.8) is 0 Å². The highest BCUT2D eigenvalue weighted by Gasteiger charge is 2.37. The molecule has 4 rings (SSSR count). The number of amides is 3. The lowest BCUT2D eigenvalue weighted by Gasteiger charge is -2.19. The van der Waals surface area contributed by atoms with E-state index in [0.717, 1.165) is 17.7 Å². The standard InChI is InChI=1S/C20H19F3N4O4/c1-26-10-15(27(2)19(26)29)18(28)25-14-8-13(7-11-5-6-30-17(11)14)31-16-4-3-12(9-24-16)20(21,22)23/h3-4,7-9,15H,5-6,10H2,1-2H3,(H,25,28). The molecule has 0 saturated carbocycles. The van der Waals surface area contributed by atoms with E-state index in [9.17, 15) is 22.8 Å². The topological polar surface area (TPSA) is 84.0 Å². The first-order valence-corrected chi connectivity index (χ1v) is 9.43. The van der Waals surface area contributed by atoms with E-state index in [1.807, 2.05) is 0 Å². The molecular formula is C20H19F3N4O4. The Balaban J connectivity index is 1.56. The summed E-state index contributed by atoms with van der Waals surface area (Å²) in [5, 5.41) is 2.78. The number of nitrogens with one attached hydrogen (secondary N) is 1. The Kier molecular flexibility index (Phi) is 5.11. The van der Waals surface area contributed by atoms with Gasteiger partial charge >= 0.3 is 12.2 Å². The van der Waals surface area contributed by atoms with E-state index in [1.165, 1.54) is 15.9 Å². The largest absolute Gasteiger partial charge is 0.491 e. The van der Waals surface area contributed by atoms with Crippen LogP contribution in [0.4, 0.5) is 23.7 Å². The van der Waals surface area contributed by atoms with Gasteiger partial charge in [0.15, 0.2) is 0 Å². The summed E-state index contributed by atoms with van der Waals surface area (Å²) in [6.45, 7) is 0.667. The molecule has 1 N–H and O–H groups in total. The van der Waals surface area contributed by atoms with Gasteiger partial charge in [0.2, 0.25) is 11.8 Å². The van der Waals surface area contributed by atoms with Crippen molar-refractivity contribution in [1.29, 1.82) is 0 Å². The van der Waals surface area contributed by atoms with Crippen LogP contribution >= 0.6 is 0 Å². The number of anilines is 1. The molecule has 1 atom stereocenters. The first-order valence-electron chi connectivity index (χ1n) is 9.43. The van der Waals surface area contributed by atoms with Crippen LogP contribution in [0.5, 0.6) is 17.4 Å². The molecule has 1 aromatic heterocycles. The molecular weight excluding hydrogens is 417 g/mol. The van der Waals surface area contributed by atoms with Crippen LogP contribution in [-0.4, -0.2) is 60.0 Å². The van der Waals surface area contributed by atoms with E-state index >= 15 is 0 Å². The molecule has 1 unspecified atom stereocenters. The first-order chi connectivity index (χ1) is 14.6. The second-order valence-corrected chi connectivity index (χ2v) is 7.32. The molecule has 1 aromatic carbocycles. The van der Waals surface area contributed by atoms with Crippen LogP contribution < -0.4 is 14.8 Å². The van der Waals surface area contributed by atoms with Crippen LogP contribution in [0.1, 0.15) is 11.1 Å². The second kappa shape index (κ2) is 7.64. The van der Waals surface area contributed by atoms with E-state index in [4.69, 9.17) is 9.47 Å². The highest BCUT2D eigenvalue weighted by molar-refractivity contribution is 6.00. The van der Waals surface area contributed by atoms with E-state index in [2.05, 4.69) is 10.3 Å². The third-order valence-corrected chi connectivity index (χ3v) is 5.15. The van der Waals surface area contributed by atoms with Crippen molar-refractivity contribution in [2.75, 3.05) is 32.6 Å². The zero-order valence-corrected chi connectivity index (χ0v) is 16.7. The Bertz CT molecular complexity index is 1030. The second-order valence-electron chi connectivity index (χ2n) is 7.32. The summed E-state index contributed by atoms with van der Waals surface area (Å²) in [7, 11) is 3.16. The Morgan fingerprint density at radius 3 is 2.68 bits per heavy atom. The smallest absolute Gasteiger partial charge is 0.417 e. The number of pyridine rings is 1. The van der Waals surface area contributed by atoms with Gasteiger partial charge in [-0.2, -0.15) is 13.2 Å². The minimum Gasteiger partial charge on any atom is -0.491 e. The monoisotopic (exact) mass is 436 g/mol. The van der Waals surface area contributed by atoms with Gasteiger partial charge in [-0.3, -0.25) is 4.79 Å². The molecule has 2 aliphatic heterocycles. The highest BCUT2D eigenvalue weighted by atomic mass is 19.4. The summed E-state index contributed by atoms with van der Waals surface area (Å²) in [6.07, 6.45) is -3.21. The molecule has 0 bridgehead atoms. The van der Waals surface area contributed by atoms with Gasteiger partial charge in [0, 0.05) is 44.4 Å². The Hall–Kier alpha value is -3.50. The number of fused-ring (bicyclic) bond motifs is 1. The molecule has 31 heavy (non-hydrogen) atoms. The quantitative estimate of drug-likeness (QED) is 0.796. The number of rotatable bonds is 4. The molecule has 1 saturated heterocycles. The van der Waals surface area contributed by atoms with Crippen molar-refractivity contribution in [2.24, 2.45) is 0 Å². The number of ether oxygens (including phenoxy) is 2. The maximum Gasteiger partial charge on any atom is 0.417 e. The number of carbonyl (C=O) groups is 2. The van der Waals surface area contributed by atoms with Gasteiger partial charge in [-0.05, 0) is 12.1 Å². The normalized spacial score (nSPS) is 18.1. The number of nitrogens with zero attached hydrogens (tertiary/aromatic N) is 3. The summed E-state index contributed by atoms with van der Waals surface area (Å²) in [5.41, 5.74) is 0.264. The van der Waals surface area contributed by atoms with Crippen LogP contribution in [0.15, 0.2) is 30.5 Å². The van der Waals surface area contributed by atoms with E-state index in [-0.39, 0.29) is 24.4 Å². The summed E-state index contributed by atoms with van der Waals surface area (Å²) in [6, 6.07) is 4.28. The number of benzene rings is 1. The summed E-state index contributed by atoms with van der Waals surface area (Å²) in [4.78, 5) is 31.2. The first kappa shape index (κ1) is 20.8. The molecule has 11 heteroatoms. The van der Waals surface area contributed by atoms with Gasteiger partial charge in [-0.15, -0.1) is 0 Å². The van der Waals surface area contributed by atoms with Crippen LogP contribution in [0, 0.1) is 0 Å². The average molecular weight is 436 g/mol. The summed E-state index contributed by atoms with van der Waals surface area (Å²) < 4.78 is 49.4. The fourth-order valence-corrected chi connectivity index (χ4v) is 3.50. The maximum atomic E-state index is 12.8. The fraction of sp³-hybridized carbons (Fsp3) is 0.350. The lowest BCUT2D eigenvalue weighted by molar-refractivity contribution is -0.137. The molecule has 8 nitrogen and oxygen atoms in total. The number of alkyl halides is 3. The third kappa shape index (κ3) is 4.07. The average Bonchev–Trinajstić information content (AvgIpc) is 3.28. The van der Waals surface area contributed by atoms with Gasteiger partial charge in [0.25, 0.3) is 0 Å². The number of aromatic nitrogens is 1. The number of carbonyl (C=O) groups excluding carboxylic acids is 2. The third-order valence-electron chi connectivity index (χ3n) is 5.15. The lowest BCUT2D eigenvalue weighted by Crippen LogP contribution is -2.40. The lowest BCUT2D eigenvalue weighted by atomic mass is 10.1. The molecule has 2 aromatic rings. The zero-order chi connectivity index (χ0) is 22.3. The van der Waals surface area contributed by atoms with Crippen molar-refractivity contribution in [3.05, 3.63) is 41.6 Å². The predicted molar refractivity (Wildman–Crippen MR) is 103 cm³/mol. The number of hydrogen-bond donors (Lipinski definition) is 1. The van der Waals surface area contributed by atoms with Crippen molar-refractivity contribution in [1.82, 2.24) is 14.8 Å². The molecule has 2 aliphatic rings. The van der Waals surface area contributed by atoms with Gasteiger partial charge in [-0.1, -0.05) is 0 Å². The SMILES string of the molecule is CN1CC(C(=O)Nc2cc(Oc3ccc(C(F)(F)F)cn3)cc3c2OCC3)N(C)C1=O. The Labute approximate surface area is 175 Å². The van der Waals surface area contributed by atoms with Gasteiger partial charge in [0.05, 0.1) is 24.4 Å². The van der Waals surface area contributed by atoms with Gasteiger partial charge < -0.3 is 24.6 Å². The Morgan fingerprint density at radius 2 is 2.06 bits per heavy atom. The molecule has 3 amide bonds. The summed E-state index contributed by atoms with van der Waals surface area (Å²) in [5.74, 6) is 0.385. The van der Waals surface area contributed by atoms with Crippen molar-refractivity contribution in [2.45, 2.75) is 18.6 Å². The van der Waals surface area contributed by atoms with Crippen LogP contribution in [0.2, 0.25) is 0 Å². The Morgan fingerprint density at radius 1 is 1.29 bits per heavy atom. The number of urea groups is 1. The molecule has 0 radical (unpaired) electrons. The van der Waals surface area contributed by atoms with E-state index in [0.29, 0.717) is 36.4 Å². The minimum atomic E-state index is -4.49. The fourth-order valence-electron chi connectivity index (χ4n) is 3.50. The van der Waals surface area contributed by atoms with E-state index < -0.39 is 17.8 Å². The molecule has 164 valence electrons. The number of likely N-dealkylation sites (N-methyl/N-ethyl adjacent to an activating group) is 2. The van der Waals surface area contributed by atoms with Crippen LogP contribution in [-0.2, 0) is 17.4 Å². The van der Waals surface area contributed by atoms with Gasteiger partial charge in [-0.25, -0.2) is 9.78 Å². The zero-order valence-electron chi connectivity index (χ0n) is 16.7. The number of hydrogen-bond acceptors (Lipinski definition) is 5. The summed E-state index contributed by atoms with van der Waals surface area (Å²) >= 11 is 0. The molecule has 3 heterocycles.